The van der Waals surface area contributed by atoms with Gasteiger partial charge in [0.25, 0.3) is 5.91 Å². The highest BCUT2D eigenvalue weighted by Gasteiger charge is 2.42. The first-order valence-electron chi connectivity index (χ1n) is 10.3. The molecule has 2 heterocycles. The van der Waals surface area contributed by atoms with Crippen molar-refractivity contribution in [1.82, 2.24) is 4.90 Å². The zero-order valence-electron chi connectivity index (χ0n) is 17.5. The molecule has 0 aliphatic carbocycles. The molecule has 1 aromatic heterocycles. The van der Waals surface area contributed by atoms with Crippen molar-refractivity contribution >= 4 is 32.8 Å². The van der Waals surface area contributed by atoms with Crippen LogP contribution in [0.5, 0.6) is 5.75 Å². The van der Waals surface area contributed by atoms with Crippen LogP contribution in [0.1, 0.15) is 47.5 Å². The van der Waals surface area contributed by atoms with Gasteiger partial charge in [-0.25, -0.2) is 0 Å². The number of benzene rings is 2. The number of hydrogen-bond donors (Lipinski definition) is 0. The second-order valence-corrected chi connectivity index (χ2v) is 8.40. The van der Waals surface area contributed by atoms with Crippen molar-refractivity contribution in [2.24, 2.45) is 0 Å². The lowest BCUT2D eigenvalue weighted by Crippen LogP contribution is -2.32. The Bertz CT molecular complexity index is 1160. The van der Waals surface area contributed by atoms with E-state index in [-0.39, 0.29) is 17.1 Å². The van der Waals surface area contributed by atoms with E-state index in [9.17, 15) is 9.59 Å². The minimum atomic E-state index is -0.540. The zero-order chi connectivity index (χ0) is 22.0. The third-order valence-corrected chi connectivity index (χ3v) is 5.92. The van der Waals surface area contributed by atoms with E-state index in [0.29, 0.717) is 36.3 Å². The van der Waals surface area contributed by atoms with Crippen molar-refractivity contribution in [3.63, 3.8) is 0 Å². The minimum Gasteiger partial charge on any atom is -0.494 e. The number of fused-ring (bicyclic) bond motifs is 2. The molecule has 2 aromatic carbocycles. The number of ether oxygens (including phenoxy) is 2. The maximum absolute atomic E-state index is 13.4. The van der Waals surface area contributed by atoms with Crippen LogP contribution in [-0.2, 0) is 4.74 Å². The van der Waals surface area contributed by atoms with E-state index in [1.165, 1.54) is 0 Å². The summed E-state index contributed by atoms with van der Waals surface area (Å²) in [6, 6.07) is 12.2. The molecule has 1 aliphatic rings. The summed E-state index contributed by atoms with van der Waals surface area (Å²) in [6.07, 6.45) is 2.05. The number of methoxy groups -OCH3 is 1. The Kier molecular flexibility index (Phi) is 6.43. The molecule has 4 rings (SSSR count). The summed E-state index contributed by atoms with van der Waals surface area (Å²) in [7, 11) is 1.58. The number of halogens is 1. The fourth-order valence-electron chi connectivity index (χ4n) is 3.84. The van der Waals surface area contributed by atoms with Gasteiger partial charge in [-0.2, -0.15) is 0 Å². The van der Waals surface area contributed by atoms with Crippen LogP contribution in [0.15, 0.2) is 56.1 Å². The third-order valence-electron chi connectivity index (χ3n) is 5.43. The largest absolute Gasteiger partial charge is 0.494 e. The number of hydrogen-bond acceptors (Lipinski definition) is 5. The van der Waals surface area contributed by atoms with Crippen molar-refractivity contribution in [3.05, 3.63) is 74.0 Å². The number of nitrogens with zero attached hydrogens (tertiary/aromatic N) is 1. The maximum Gasteiger partial charge on any atom is 0.290 e. The predicted octanol–water partition coefficient (Wildman–Crippen LogP) is 4.93. The summed E-state index contributed by atoms with van der Waals surface area (Å²) in [6.45, 7) is 3.47. The SMILES string of the molecule is CCCCOc1ccc(C2c3c(oc4ccc(Br)cc4c3=O)C(=O)N2CCOC)cc1. The molecule has 0 N–H and O–H groups in total. The third kappa shape index (κ3) is 4.12. The average molecular weight is 486 g/mol. The standard InChI is InChI=1S/C24H24BrNO5/c1-3-4-12-30-17-8-5-15(6-9-17)21-20-22(27)18-14-16(25)7-10-19(18)31-23(20)24(28)26(21)11-13-29-2/h5-10,14,21H,3-4,11-13H2,1-2H3. The van der Waals surface area contributed by atoms with E-state index in [1.807, 2.05) is 24.3 Å². The van der Waals surface area contributed by atoms with Gasteiger partial charge in [0.1, 0.15) is 11.3 Å². The Morgan fingerprint density at radius 1 is 1.10 bits per heavy atom. The molecule has 162 valence electrons. The minimum absolute atomic E-state index is 0.101. The topological polar surface area (TPSA) is 69.0 Å². The molecule has 0 radical (unpaired) electrons. The molecular formula is C24H24BrNO5. The molecule has 1 atom stereocenters. The molecule has 0 fully saturated rings. The van der Waals surface area contributed by atoms with Crippen LogP contribution in [0.2, 0.25) is 0 Å². The Morgan fingerprint density at radius 3 is 2.58 bits per heavy atom. The molecule has 0 spiro atoms. The molecule has 6 nitrogen and oxygen atoms in total. The van der Waals surface area contributed by atoms with E-state index in [0.717, 1.165) is 28.6 Å². The maximum atomic E-state index is 13.4. The van der Waals surface area contributed by atoms with Crippen LogP contribution in [-0.4, -0.2) is 37.7 Å². The van der Waals surface area contributed by atoms with E-state index in [2.05, 4.69) is 22.9 Å². The van der Waals surface area contributed by atoms with Crippen LogP contribution in [0.25, 0.3) is 11.0 Å². The van der Waals surface area contributed by atoms with Crippen molar-refractivity contribution in [2.45, 2.75) is 25.8 Å². The predicted molar refractivity (Wildman–Crippen MR) is 122 cm³/mol. The molecule has 1 aliphatic heterocycles. The summed E-state index contributed by atoms with van der Waals surface area (Å²) < 4.78 is 17.7. The van der Waals surface area contributed by atoms with Crippen molar-refractivity contribution in [3.8, 4) is 5.75 Å². The van der Waals surface area contributed by atoms with Gasteiger partial charge in [-0.1, -0.05) is 41.4 Å². The number of unbranched alkanes of at least 4 members (excludes halogenated alkanes) is 1. The molecule has 1 unspecified atom stereocenters. The summed E-state index contributed by atoms with van der Waals surface area (Å²) in [5, 5.41) is 0.444. The van der Waals surface area contributed by atoms with Crippen LogP contribution in [0, 0.1) is 0 Å². The number of rotatable bonds is 8. The Balaban J connectivity index is 1.80. The fraction of sp³-hybridized carbons (Fsp3) is 0.333. The van der Waals surface area contributed by atoms with Gasteiger partial charge < -0.3 is 18.8 Å². The summed E-state index contributed by atoms with van der Waals surface area (Å²) in [5.74, 6) is 0.561. The number of carbonyl (C=O) groups excluding carboxylic acids is 1. The van der Waals surface area contributed by atoms with Gasteiger partial charge in [-0.15, -0.1) is 0 Å². The Labute approximate surface area is 188 Å². The second-order valence-electron chi connectivity index (χ2n) is 7.48. The Morgan fingerprint density at radius 2 is 1.87 bits per heavy atom. The lowest BCUT2D eigenvalue weighted by Gasteiger charge is -2.25. The van der Waals surface area contributed by atoms with Gasteiger partial charge in [0, 0.05) is 18.1 Å². The van der Waals surface area contributed by atoms with Gasteiger partial charge in [-0.05, 0) is 42.3 Å². The van der Waals surface area contributed by atoms with Crippen molar-refractivity contribution in [1.29, 1.82) is 0 Å². The highest BCUT2D eigenvalue weighted by Crippen LogP contribution is 2.38. The lowest BCUT2D eigenvalue weighted by atomic mass is 9.98. The normalized spacial score (nSPS) is 15.5. The van der Waals surface area contributed by atoms with Crippen LogP contribution >= 0.6 is 15.9 Å². The van der Waals surface area contributed by atoms with Gasteiger partial charge >= 0.3 is 0 Å². The second kappa shape index (κ2) is 9.24. The van der Waals surface area contributed by atoms with Crippen LogP contribution in [0.3, 0.4) is 0 Å². The summed E-state index contributed by atoms with van der Waals surface area (Å²) in [4.78, 5) is 28.3. The van der Waals surface area contributed by atoms with Gasteiger partial charge in [0.2, 0.25) is 5.76 Å². The molecule has 7 heteroatoms. The summed E-state index contributed by atoms with van der Waals surface area (Å²) in [5.41, 5.74) is 1.39. The molecule has 1 amide bonds. The number of carbonyl (C=O) groups is 1. The zero-order valence-corrected chi connectivity index (χ0v) is 19.1. The van der Waals surface area contributed by atoms with Gasteiger partial charge in [-0.3, -0.25) is 9.59 Å². The van der Waals surface area contributed by atoms with Gasteiger partial charge in [0.05, 0.1) is 30.2 Å². The fourth-order valence-corrected chi connectivity index (χ4v) is 4.20. The van der Waals surface area contributed by atoms with E-state index >= 15 is 0 Å². The molecule has 31 heavy (non-hydrogen) atoms. The first kappa shape index (κ1) is 21.6. The monoisotopic (exact) mass is 485 g/mol. The Hall–Kier alpha value is -2.64. The smallest absolute Gasteiger partial charge is 0.290 e. The molecule has 0 saturated carbocycles. The average Bonchev–Trinajstić information content (AvgIpc) is 3.05. The van der Waals surface area contributed by atoms with E-state index in [1.54, 1.807) is 30.2 Å². The van der Waals surface area contributed by atoms with Crippen LogP contribution < -0.4 is 10.2 Å². The molecular weight excluding hydrogens is 462 g/mol. The lowest BCUT2D eigenvalue weighted by molar-refractivity contribution is 0.0663. The first-order chi connectivity index (χ1) is 15.0. The summed E-state index contributed by atoms with van der Waals surface area (Å²) >= 11 is 3.41. The quantitative estimate of drug-likeness (QED) is 0.423. The van der Waals surface area contributed by atoms with Crippen molar-refractivity contribution < 1.29 is 18.7 Å². The van der Waals surface area contributed by atoms with Crippen LogP contribution in [0.4, 0.5) is 0 Å². The highest BCUT2D eigenvalue weighted by molar-refractivity contribution is 9.10. The van der Waals surface area contributed by atoms with E-state index in [4.69, 9.17) is 13.9 Å². The highest BCUT2D eigenvalue weighted by atomic mass is 79.9. The van der Waals surface area contributed by atoms with Crippen molar-refractivity contribution in [2.75, 3.05) is 26.9 Å². The van der Waals surface area contributed by atoms with Gasteiger partial charge in [0.15, 0.2) is 5.43 Å². The first-order valence-corrected chi connectivity index (χ1v) is 11.1. The molecule has 0 bridgehead atoms. The molecule has 0 saturated heterocycles. The molecule has 3 aromatic rings. The van der Waals surface area contributed by atoms with E-state index < -0.39 is 6.04 Å². The number of amides is 1.